The van der Waals surface area contributed by atoms with Crippen molar-refractivity contribution in [2.24, 2.45) is 17.3 Å². The molecule has 1 atom stereocenters. The van der Waals surface area contributed by atoms with Gasteiger partial charge in [0.25, 0.3) is 0 Å². The van der Waals surface area contributed by atoms with Crippen LogP contribution in [0.3, 0.4) is 0 Å². The van der Waals surface area contributed by atoms with Gasteiger partial charge in [-0.05, 0) is 42.9 Å². The van der Waals surface area contributed by atoms with E-state index < -0.39 is 0 Å². The van der Waals surface area contributed by atoms with Crippen molar-refractivity contribution in [1.82, 2.24) is 5.32 Å². The van der Waals surface area contributed by atoms with Gasteiger partial charge in [0.2, 0.25) is 0 Å². The van der Waals surface area contributed by atoms with Gasteiger partial charge in [-0.1, -0.05) is 34.1 Å². The van der Waals surface area contributed by atoms with Gasteiger partial charge in [-0.15, -0.1) is 0 Å². The molecule has 1 nitrogen and oxygen atoms in total. The summed E-state index contributed by atoms with van der Waals surface area (Å²) in [6, 6.07) is 1.62. The largest absolute Gasteiger partial charge is 0.311 e. The zero-order chi connectivity index (χ0) is 11.1. The van der Waals surface area contributed by atoms with E-state index >= 15 is 0 Å². The summed E-state index contributed by atoms with van der Waals surface area (Å²) in [7, 11) is 0. The monoisotopic (exact) mass is 209 g/mol. The topological polar surface area (TPSA) is 12.0 Å². The van der Waals surface area contributed by atoms with Crippen molar-refractivity contribution in [3.63, 3.8) is 0 Å². The SMILES string of the molecule is CC(C)C1CC(NC2CCCC2(C)C)C1. The lowest BCUT2D eigenvalue weighted by Crippen LogP contribution is -2.50. The summed E-state index contributed by atoms with van der Waals surface area (Å²) >= 11 is 0. The fraction of sp³-hybridized carbons (Fsp3) is 1.00. The number of nitrogens with one attached hydrogen (secondary N) is 1. The van der Waals surface area contributed by atoms with Crippen molar-refractivity contribution in [2.45, 2.75) is 71.9 Å². The van der Waals surface area contributed by atoms with Crippen LogP contribution in [0.25, 0.3) is 0 Å². The summed E-state index contributed by atoms with van der Waals surface area (Å²) in [5.41, 5.74) is 0.545. The second-order valence-corrected chi connectivity index (χ2v) is 6.77. The van der Waals surface area contributed by atoms with E-state index in [0.717, 1.165) is 23.9 Å². The first-order chi connectivity index (χ1) is 6.99. The predicted molar refractivity (Wildman–Crippen MR) is 65.9 cm³/mol. The van der Waals surface area contributed by atoms with Crippen molar-refractivity contribution in [2.75, 3.05) is 0 Å². The van der Waals surface area contributed by atoms with Gasteiger partial charge in [0, 0.05) is 12.1 Å². The Morgan fingerprint density at radius 3 is 2.33 bits per heavy atom. The molecule has 0 aliphatic heterocycles. The molecule has 1 heteroatoms. The van der Waals surface area contributed by atoms with Crippen LogP contribution >= 0.6 is 0 Å². The highest BCUT2D eigenvalue weighted by Crippen LogP contribution is 2.40. The smallest absolute Gasteiger partial charge is 0.0121 e. The molecule has 0 amide bonds. The van der Waals surface area contributed by atoms with Crippen LogP contribution in [-0.4, -0.2) is 12.1 Å². The highest BCUT2D eigenvalue weighted by molar-refractivity contribution is 4.95. The van der Waals surface area contributed by atoms with Gasteiger partial charge in [-0.2, -0.15) is 0 Å². The van der Waals surface area contributed by atoms with Gasteiger partial charge in [0.15, 0.2) is 0 Å². The molecule has 0 saturated heterocycles. The lowest BCUT2D eigenvalue weighted by Gasteiger charge is -2.42. The average Bonchev–Trinajstić information content (AvgIpc) is 2.36. The lowest BCUT2D eigenvalue weighted by molar-refractivity contribution is 0.135. The normalized spacial score (nSPS) is 39.4. The second-order valence-electron chi connectivity index (χ2n) is 6.77. The van der Waals surface area contributed by atoms with Gasteiger partial charge in [0.1, 0.15) is 0 Å². The Hall–Kier alpha value is -0.0400. The molecular formula is C14H27N. The molecule has 2 saturated carbocycles. The molecule has 2 aliphatic carbocycles. The van der Waals surface area contributed by atoms with Gasteiger partial charge in [0.05, 0.1) is 0 Å². The van der Waals surface area contributed by atoms with E-state index in [1.165, 1.54) is 32.1 Å². The molecule has 0 aromatic carbocycles. The standard InChI is InChI=1S/C14H27N/c1-10(2)11-8-12(9-11)15-13-6-5-7-14(13,3)4/h10-13,15H,5-9H2,1-4H3. The Balaban J connectivity index is 1.75. The first-order valence-corrected chi connectivity index (χ1v) is 6.75. The Morgan fingerprint density at radius 1 is 1.20 bits per heavy atom. The number of hydrogen-bond donors (Lipinski definition) is 1. The minimum atomic E-state index is 0.545. The number of hydrogen-bond acceptors (Lipinski definition) is 1. The molecule has 1 N–H and O–H groups in total. The van der Waals surface area contributed by atoms with E-state index in [1.807, 2.05) is 0 Å². The molecular weight excluding hydrogens is 182 g/mol. The average molecular weight is 209 g/mol. The molecule has 2 rings (SSSR count). The molecule has 2 fully saturated rings. The summed E-state index contributed by atoms with van der Waals surface area (Å²) in [6.07, 6.45) is 7.07. The lowest BCUT2D eigenvalue weighted by atomic mass is 9.73. The van der Waals surface area contributed by atoms with Gasteiger partial charge in [-0.25, -0.2) is 0 Å². The molecule has 0 aromatic heterocycles. The van der Waals surface area contributed by atoms with Crippen LogP contribution in [0.15, 0.2) is 0 Å². The Labute approximate surface area is 95.0 Å². The van der Waals surface area contributed by atoms with Crippen LogP contribution in [0.4, 0.5) is 0 Å². The summed E-state index contributed by atoms with van der Waals surface area (Å²) in [4.78, 5) is 0. The van der Waals surface area contributed by atoms with E-state index in [1.54, 1.807) is 0 Å². The van der Waals surface area contributed by atoms with Crippen LogP contribution in [0.1, 0.15) is 59.8 Å². The van der Waals surface area contributed by atoms with Crippen LogP contribution in [0.5, 0.6) is 0 Å². The first kappa shape index (κ1) is 11.4. The Kier molecular flexibility index (Phi) is 3.12. The molecule has 15 heavy (non-hydrogen) atoms. The van der Waals surface area contributed by atoms with Crippen LogP contribution in [-0.2, 0) is 0 Å². The highest BCUT2D eigenvalue weighted by atomic mass is 15.0. The highest BCUT2D eigenvalue weighted by Gasteiger charge is 2.39. The quantitative estimate of drug-likeness (QED) is 0.749. The maximum atomic E-state index is 3.89. The molecule has 0 heterocycles. The molecule has 2 aliphatic rings. The van der Waals surface area contributed by atoms with E-state index in [4.69, 9.17) is 0 Å². The molecule has 0 aromatic rings. The minimum absolute atomic E-state index is 0.545. The van der Waals surface area contributed by atoms with Gasteiger partial charge < -0.3 is 5.32 Å². The third kappa shape index (κ3) is 2.38. The molecule has 0 bridgehead atoms. The second kappa shape index (κ2) is 4.08. The Bertz CT molecular complexity index is 213. The summed E-state index contributed by atoms with van der Waals surface area (Å²) in [5.74, 6) is 1.88. The molecule has 88 valence electrons. The van der Waals surface area contributed by atoms with Crippen molar-refractivity contribution in [3.05, 3.63) is 0 Å². The zero-order valence-corrected chi connectivity index (χ0v) is 10.8. The molecule has 0 spiro atoms. The first-order valence-electron chi connectivity index (χ1n) is 6.75. The van der Waals surface area contributed by atoms with E-state index in [-0.39, 0.29) is 0 Å². The van der Waals surface area contributed by atoms with Crippen LogP contribution in [0, 0.1) is 17.3 Å². The summed E-state index contributed by atoms with van der Waals surface area (Å²) in [6.45, 7) is 9.58. The van der Waals surface area contributed by atoms with E-state index in [2.05, 4.69) is 33.0 Å². The van der Waals surface area contributed by atoms with Crippen molar-refractivity contribution in [1.29, 1.82) is 0 Å². The predicted octanol–water partition coefficient (Wildman–Crippen LogP) is 3.59. The summed E-state index contributed by atoms with van der Waals surface area (Å²) < 4.78 is 0. The fourth-order valence-corrected chi connectivity index (χ4v) is 3.26. The third-order valence-electron chi connectivity index (χ3n) is 4.81. The maximum absolute atomic E-state index is 3.89. The number of rotatable bonds is 3. The molecule has 1 unspecified atom stereocenters. The third-order valence-corrected chi connectivity index (χ3v) is 4.81. The molecule has 0 radical (unpaired) electrons. The van der Waals surface area contributed by atoms with Crippen molar-refractivity contribution < 1.29 is 0 Å². The van der Waals surface area contributed by atoms with Crippen molar-refractivity contribution in [3.8, 4) is 0 Å². The Morgan fingerprint density at radius 2 is 1.87 bits per heavy atom. The van der Waals surface area contributed by atoms with Gasteiger partial charge >= 0.3 is 0 Å². The summed E-state index contributed by atoms with van der Waals surface area (Å²) in [5, 5.41) is 3.89. The fourth-order valence-electron chi connectivity index (χ4n) is 3.26. The maximum Gasteiger partial charge on any atom is 0.0121 e. The zero-order valence-electron chi connectivity index (χ0n) is 10.8. The van der Waals surface area contributed by atoms with E-state index in [9.17, 15) is 0 Å². The van der Waals surface area contributed by atoms with Crippen LogP contribution < -0.4 is 5.32 Å². The van der Waals surface area contributed by atoms with Crippen LogP contribution in [0.2, 0.25) is 0 Å². The van der Waals surface area contributed by atoms with Crippen molar-refractivity contribution >= 4 is 0 Å². The van der Waals surface area contributed by atoms with E-state index in [0.29, 0.717) is 5.41 Å². The van der Waals surface area contributed by atoms with Gasteiger partial charge in [-0.3, -0.25) is 0 Å². The minimum Gasteiger partial charge on any atom is -0.311 e.